The molecule has 3 fully saturated rings. The van der Waals surface area contributed by atoms with Gasteiger partial charge in [0, 0.05) is 0 Å². The molecule has 4 rings (SSSR count). The SMILES string of the molecule is CCOc1ccccc1N1CC[NH+](CN2C(=O)N[C@]3(CCCC[C@@H]3C)C2=O)CC1. The van der Waals surface area contributed by atoms with Crippen molar-refractivity contribution in [1.29, 1.82) is 0 Å². The first-order valence-electron chi connectivity index (χ1n) is 11.0. The lowest BCUT2D eigenvalue weighted by Gasteiger charge is -2.37. The van der Waals surface area contributed by atoms with Crippen LogP contribution in [-0.4, -0.2) is 61.8 Å². The highest BCUT2D eigenvalue weighted by molar-refractivity contribution is 6.07. The molecule has 2 saturated heterocycles. The molecule has 1 aromatic rings. The number of amides is 3. The zero-order valence-corrected chi connectivity index (χ0v) is 17.6. The second-order valence-corrected chi connectivity index (χ2v) is 8.58. The fourth-order valence-electron chi connectivity index (χ4n) is 5.08. The Morgan fingerprint density at radius 3 is 2.69 bits per heavy atom. The summed E-state index contributed by atoms with van der Waals surface area (Å²) in [6.45, 7) is 8.74. The lowest BCUT2D eigenvalue weighted by Crippen LogP contribution is -3.16. The number of rotatable bonds is 5. The predicted molar refractivity (Wildman–Crippen MR) is 111 cm³/mol. The molecule has 0 unspecified atom stereocenters. The number of benzene rings is 1. The summed E-state index contributed by atoms with van der Waals surface area (Å²) in [5.74, 6) is 1.12. The molecule has 2 aliphatic heterocycles. The molecule has 2 N–H and O–H groups in total. The van der Waals surface area contributed by atoms with E-state index in [2.05, 4.69) is 23.2 Å². The monoisotopic (exact) mass is 401 g/mol. The van der Waals surface area contributed by atoms with Crippen LogP contribution in [0.5, 0.6) is 5.75 Å². The first-order chi connectivity index (χ1) is 14.0. The molecule has 1 spiro atoms. The molecule has 1 saturated carbocycles. The fourth-order valence-corrected chi connectivity index (χ4v) is 5.08. The molecular weight excluding hydrogens is 368 g/mol. The summed E-state index contributed by atoms with van der Waals surface area (Å²) < 4.78 is 5.77. The van der Waals surface area contributed by atoms with Crippen LogP contribution in [0.1, 0.15) is 39.5 Å². The molecule has 158 valence electrons. The minimum atomic E-state index is -0.660. The molecule has 3 aliphatic rings. The molecule has 0 aromatic heterocycles. The van der Waals surface area contributed by atoms with Crippen molar-refractivity contribution in [2.24, 2.45) is 5.92 Å². The number of carbonyl (C=O) groups excluding carboxylic acids is 2. The van der Waals surface area contributed by atoms with Crippen molar-refractivity contribution >= 4 is 17.6 Å². The van der Waals surface area contributed by atoms with Crippen molar-refractivity contribution < 1.29 is 19.2 Å². The van der Waals surface area contributed by atoms with Gasteiger partial charge < -0.3 is 19.9 Å². The lowest BCUT2D eigenvalue weighted by molar-refractivity contribution is -0.907. The Labute approximate surface area is 173 Å². The van der Waals surface area contributed by atoms with Crippen LogP contribution in [0.2, 0.25) is 0 Å². The molecule has 7 nitrogen and oxygen atoms in total. The third-order valence-electron chi connectivity index (χ3n) is 6.86. The molecule has 1 aliphatic carbocycles. The largest absolute Gasteiger partial charge is 0.492 e. The summed E-state index contributed by atoms with van der Waals surface area (Å²) >= 11 is 0. The van der Waals surface area contributed by atoms with Crippen LogP contribution in [0.15, 0.2) is 24.3 Å². The van der Waals surface area contributed by atoms with E-state index in [1.54, 1.807) is 0 Å². The Bertz CT molecular complexity index is 762. The van der Waals surface area contributed by atoms with E-state index >= 15 is 0 Å². The maximum Gasteiger partial charge on any atom is 0.329 e. The Balaban J connectivity index is 1.38. The maximum atomic E-state index is 13.2. The van der Waals surface area contributed by atoms with Crippen molar-refractivity contribution in [1.82, 2.24) is 10.2 Å². The molecule has 29 heavy (non-hydrogen) atoms. The number of quaternary nitrogens is 1. The second kappa shape index (κ2) is 8.22. The third kappa shape index (κ3) is 3.68. The van der Waals surface area contributed by atoms with Gasteiger partial charge >= 0.3 is 6.03 Å². The number of nitrogens with one attached hydrogen (secondary N) is 2. The highest BCUT2D eigenvalue weighted by Gasteiger charge is 2.55. The summed E-state index contributed by atoms with van der Waals surface area (Å²) in [7, 11) is 0. The van der Waals surface area contributed by atoms with Crippen molar-refractivity contribution in [2.45, 2.75) is 45.1 Å². The number of para-hydroxylation sites is 2. The summed E-state index contributed by atoms with van der Waals surface area (Å²) in [5.41, 5.74) is 0.464. The van der Waals surface area contributed by atoms with Gasteiger partial charge in [0.05, 0.1) is 38.5 Å². The average molecular weight is 402 g/mol. The lowest BCUT2D eigenvalue weighted by atomic mass is 9.73. The quantitative estimate of drug-likeness (QED) is 0.729. The van der Waals surface area contributed by atoms with E-state index in [-0.39, 0.29) is 17.9 Å². The fraction of sp³-hybridized carbons (Fsp3) is 0.636. The summed E-state index contributed by atoms with van der Waals surface area (Å²) in [5, 5.41) is 3.06. The van der Waals surface area contributed by atoms with E-state index in [1.807, 2.05) is 25.1 Å². The van der Waals surface area contributed by atoms with Crippen molar-refractivity contribution in [2.75, 3.05) is 44.4 Å². The first kappa shape index (κ1) is 20.0. The summed E-state index contributed by atoms with van der Waals surface area (Å²) in [6.07, 6.45) is 3.93. The topological polar surface area (TPSA) is 66.3 Å². The molecule has 2 heterocycles. The molecule has 0 radical (unpaired) electrons. The summed E-state index contributed by atoms with van der Waals surface area (Å²) in [6, 6.07) is 7.93. The molecule has 0 bridgehead atoms. The first-order valence-corrected chi connectivity index (χ1v) is 11.0. The molecular formula is C22H33N4O3+. The Hall–Kier alpha value is -2.28. The van der Waals surface area contributed by atoms with Crippen LogP contribution >= 0.6 is 0 Å². The van der Waals surface area contributed by atoms with E-state index < -0.39 is 5.54 Å². The number of urea groups is 1. The van der Waals surface area contributed by atoms with E-state index in [4.69, 9.17) is 4.74 Å². The number of nitrogens with zero attached hydrogens (tertiary/aromatic N) is 2. The number of carbonyl (C=O) groups is 2. The van der Waals surface area contributed by atoms with E-state index in [1.165, 1.54) is 9.80 Å². The van der Waals surface area contributed by atoms with Crippen LogP contribution in [0, 0.1) is 5.92 Å². The van der Waals surface area contributed by atoms with Crippen LogP contribution in [0.25, 0.3) is 0 Å². The van der Waals surface area contributed by atoms with Gasteiger partial charge in [-0.15, -0.1) is 0 Å². The van der Waals surface area contributed by atoms with Gasteiger partial charge in [0.25, 0.3) is 5.91 Å². The number of imide groups is 1. The molecule has 1 aromatic carbocycles. The van der Waals surface area contributed by atoms with Gasteiger partial charge in [0.15, 0.2) is 6.67 Å². The Morgan fingerprint density at radius 2 is 1.97 bits per heavy atom. The minimum Gasteiger partial charge on any atom is -0.492 e. The van der Waals surface area contributed by atoms with Gasteiger partial charge in [0.1, 0.15) is 11.3 Å². The van der Waals surface area contributed by atoms with Crippen molar-refractivity contribution in [3.05, 3.63) is 24.3 Å². The van der Waals surface area contributed by atoms with E-state index in [0.29, 0.717) is 13.3 Å². The zero-order valence-electron chi connectivity index (χ0n) is 17.6. The Kier molecular flexibility index (Phi) is 5.67. The van der Waals surface area contributed by atoms with Crippen LogP contribution < -0.4 is 19.9 Å². The number of hydrogen-bond donors (Lipinski definition) is 2. The summed E-state index contributed by atoms with van der Waals surface area (Å²) in [4.78, 5) is 30.9. The number of ether oxygens (including phenoxy) is 1. The number of piperazine rings is 1. The van der Waals surface area contributed by atoms with Gasteiger partial charge in [-0.2, -0.15) is 0 Å². The van der Waals surface area contributed by atoms with Crippen LogP contribution in [0.3, 0.4) is 0 Å². The van der Waals surface area contributed by atoms with Gasteiger partial charge in [-0.05, 0) is 37.8 Å². The Morgan fingerprint density at radius 1 is 1.21 bits per heavy atom. The van der Waals surface area contributed by atoms with Crippen molar-refractivity contribution in [3.8, 4) is 5.75 Å². The highest BCUT2D eigenvalue weighted by atomic mass is 16.5. The second-order valence-electron chi connectivity index (χ2n) is 8.58. The van der Waals surface area contributed by atoms with E-state index in [9.17, 15) is 9.59 Å². The van der Waals surface area contributed by atoms with Crippen LogP contribution in [0.4, 0.5) is 10.5 Å². The maximum absolute atomic E-state index is 13.2. The zero-order chi connectivity index (χ0) is 20.4. The smallest absolute Gasteiger partial charge is 0.329 e. The van der Waals surface area contributed by atoms with Gasteiger partial charge in [-0.1, -0.05) is 31.9 Å². The van der Waals surface area contributed by atoms with Crippen molar-refractivity contribution in [3.63, 3.8) is 0 Å². The highest BCUT2D eigenvalue weighted by Crippen LogP contribution is 2.37. The van der Waals surface area contributed by atoms with Gasteiger partial charge in [-0.25, -0.2) is 9.69 Å². The van der Waals surface area contributed by atoms with Gasteiger partial charge in [0.2, 0.25) is 0 Å². The number of hydrogen-bond acceptors (Lipinski definition) is 4. The van der Waals surface area contributed by atoms with Crippen LogP contribution in [-0.2, 0) is 4.79 Å². The third-order valence-corrected chi connectivity index (χ3v) is 6.86. The molecule has 7 heteroatoms. The van der Waals surface area contributed by atoms with Gasteiger partial charge in [-0.3, -0.25) is 4.79 Å². The molecule has 2 atom stereocenters. The molecule has 3 amide bonds. The standard InChI is InChI=1S/C22H32N4O3/c1-3-29-19-10-5-4-9-18(19)25-14-12-24(13-15-25)16-26-20(27)22(23-21(26)28)11-7-6-8-17(22)2/h4-5,9-10,17H,3,6-8,11-16H2,1-2H3,(H,23,28)/p+1/t17-,22-/m0/s1. The minimum absolute atomic E-state index is 0.00804. The van der Waals surface area contributed by atoms with E-state index in [0.717, 1.165) is 63.3 Å². The predicted octanol–water partition coefficient (Wildman–Crippen LogP) is 1.25. The number of anilines is 1. The average Bonchev–Trinajstić information content (AvgIpc) is 2.96. The normalized spacial score (nSPS) is 28.1.